The molecule has 2 rings (SSSR count). The largest absolute Gasteiger partial charge is 0.297 e. The molecule has 0 unspecified atom stereocenters. The normalized spacial score (nSPS) is 11.3. The Bertz CT molecular complexity index is 543. The van der Waals surface area contributed by atoms with Gasteiger partial charge in [0.15, 0.2) is 0 Å². The maximum absolute atomic E-state index is 11.6. The van der Waals surface area contributed by atoms with Gasteiger partial charge in [-0.1, -0.05) is 31.3 Å². The van der Waals surface area contributed by atoms with Crippen molar-refractivity contribution in [1.29, 1.82) is 0 Å². The van der Waals surface area contributed by atoms with Crippen LogP contribution >= 0.6 is 22.7 Å². The van der Waals surface area contributed by atoms with Crippen LogP contribution in [0.3, 0.4) is 0 Å². The van der Waals surface area contributed by atoms with E-state index in [2.05, 4.69) is 15.5 Å². The Balaban J connectivity index is 1.94. The molecule has 0 spiro atoms. The lowest BCUT2D eigenvalue weighted by Crippen LogP contribution is -2.07. The number of nitrogens with zero attached hydrogens (tertiary/aromatic N) is 2. The van der Waals surface area contributed by atoms with E-state index in [0.717, 1.165) is 9.88 Å². The van der Waals surface area contributed by atoms with E-state index in [0.29, 0.717) is 11.0 Å². The SMILES string of the molecule is CC(C)c1nnc(NC(=O)/C=C/c2cccs2)s1. The first-order valence-electron chi connectivity index (χ1n) is 5.51. The highest BCUT2D eigenvalue weighted by Crippen LogP contribution is 2.22. The number of nitrogens with one attached hydrogen (secondary N) is 1. The fourth-order valence-corrected chi connectivity index (χ4v) is 2.58. The molecular formula is C12H13N3OS2. The molecule has 0 saturated carbocycles. The van der Waals surface area contributed by atoms with Gasteiger partial charge >= 0.3 is 0 Å². The van der Waals surface area contributed by atoms with E-state index in [9.17, 15) is 4.79 Å². The zero-order valence-corrected chi connectivity index (χ0v) is 11.7. The fraction of sp³-hybridized carbons (Fsp3) is 0.250. The van der Waals surface area contributed by atoms with Gasteiger partial charge in [-0.15, -0.1) is 21.5 Å². The van der Waals surface area contributed by atoms with Crippen molar-refractivity contribution in [1.82, 2.24) is 10.2 Å². The van der Waals surface area contributed by atoms with Gasteiger partial charge in [0.05, 0.1) is 0 Å². The highest BCUT2D eigenvalue weighted by molar-refractivity contribution is 7.15. The third-order valence-corrected chi connectivity index (χ3v) is 4.08. The smallest absolute Gasteiger partial charge is 0.250 e. The van der Waals surface area contributed by atoms with Crippen LogP contribution in [0, 0.1) is 0 Å². The van der Waals surface area contributed by atoms with Crippen LogP contribution in [0.15, 0.2) is 23.6 Å². The van der Waals surface area contributed by atoms with Gasteiger partial charge in [-0.2, -0.15) is 0 Å². The first-order chi connectivity index (χ1) is 8.65. The minimum absolute atomic E-state index is 0.185. The average Bonchev–Trinajstić information content (AvgIpc) is 2.96. The van der Waals surface area contributed by atoms with Gasteiger partial charge in [0.1, 0.15) is 5.01 Å². The van der Waals surface area contributed by atoms with E-state index in [-0.39, 0.29) is 5.91 Å². The number of hydrogen-bond donors (Lipinski definition) is 1. The topological polar surface area (TPSA) is 54.9 Å². The third-order valence-electron chi connectivity index (χ3n) is 2.11. The molecule has 0 aliphatic rings. The van der Waals surface area contributed by atoms with Crippen LogP contribution in [-0.2, 0) is 4.79 Å². The lowest BCUT2D eigenvalue weighted by atomic mass is 10.2. The molecule has 2 aromatic heterocycles. The summed E-state index contributed by atoms with van der Waals surface area (Å²) in [5.74, 6) is 0.143. The Morgan fingerprint density at radius 1 is 1.44 bits per heavy atom. The molecule has 1 amide bonds. The second kappa shape index (κ2) is 5.88. The summed E-state index contributed by atoms with van der Waals surface area (Å²) in [6.45, 7) is 4.09. The van der Waals surface area contributed by atoms with Crippen molar-refractivity contribution in [2.75, 3.05) is 5.32 Å². The number of amides is 1. The maximum atomic E-state index is 11.6. The first kappa shape index (κ1) is 12.9. The molecule has 18 heavy (non-hydrogen) atoms. The van der Waals surface area contributed by atoms with Crippen LogP contribution in [-0.4, -0.2) is 16.1 Å². The van der Waals surface area contributed by atoms with Gasteiger partial charge in [-0.05, 0) is 17.5 Å². The molecule has 0 saturated heterocycles. The quantitative estimate of drug-likeness (QED) is 0.873. The summed E-state index contributed by atoms with van der Waals surface area (Å²) < 4.78 is 0. The molecule has 0 aromatic carbocycles. The van der Waals surface area contributed by atoms with Crippen molar-refractivity contribution in [3.63, 3.8) is 0 Å². The summed E-state index contributed by atoms with van der Waals surface area (Å²) in [6, 6.07) is 3.90. The Morgan fingerprint density at radius 3 is 2.89 bits per heavy atom. The molecule has 0 atom stereocenters. The minimum atomic E-state index is -0.185. The Hall–Kier alpha value is -1.53. The molecule has 2 heterocycles. The van der Waals surface area contributed by atoms with Crippen LogP contribution in [0.1, 0.15) is 29.7 Å². The lowest BCUT2D eigenvalue weighted by Gasteiger charge is -1.95. The van der Waals surface area contributed by atoms with Crippen molar-refractivity contribution in [2.45, 2.75) is 19.8 Å². The summed E-state index contributed by atoms with van der Waals surface area (Å²) >= 11 is 2.99. The zero-order chi connectivity index (χ0) is 13.0. The first-order valence-corrected chi connectivity index (χ1v) is 7.20. The monoisotopic (exact) mass is 279 g/mol. The standard InChI is InChI=1S/C12H13N3OS2/c1-8(2)11-14-15-12(18-11)13-10(16)6-5-9-4-3-7-17-9/h3-8H,1-2H3,(H,13,15,16)/b6-5+. The number of carbonyl (C=O) groups excluding carboxylic acids is 1. The molecule has 4 nitrogen and oxygen atoms in total. The Kier molecular flexibility index (Phi) is 4.22. The van der Waals surface area contributed by atoms with Crippen LogP contribution in [0.2, 0.25) is 0 Å². The van der Waals surface area contributed by atoms with E-state index in [4.69, 9.17) is 0 Å². The molecule has 0 radical (unpaired) electrons. The Labute approximate surface area is 113 Å². The minimum Gasteiger partial charge on any atom is -0.297 e. The molecule has 2 aromatic rings. The van der Waals surface area contributed by atoms with Crippen molar-refractivity contribution in [3.8, 4) is 0 Å². The summed E-state index contributed by atoms with van der Waals surface area (Å²) in [4.78, 5) is 12.7. The van der Waals surface area contributed by atoms with E-state index in [1.165, 1.54) is 17.4 Å². The predicted molar refractivity (Wildman–Crippen MR) is 76.0 cm³/mol. The molecule has 0 aliphatic heterocycles. The molecular weight excluding hydrogens is 266 g/mol. The van der Waals surface area contributed by atoms with Gasteiger partial charge < -0.3 is 0 Å². The molecule has 0 fully saturated rings. The number of carbonyl (C=O) groups is 1. The highest BCUT2D eigenvalue weighted by atomic mass is 32.1. The zero-order valence-electron chi connectivity index (χ0n) is 10.1. The maximum Gasteiger partial charge on any atom is 0.250 e. The average molecular weight is 279 g/mol. The summed E-state index contributed by atoms with van der Waals surface area (Å²) in [6.07, 6.45) is 3.28. The number of thiophene rings is 1. The molecule has 6 heteroatoms. The van der Waals surface area contributed by atoms with Gasteiger partial charge in [0.2, 0.25) is 11.0 Å². The summed E-state index contributed by atoms with van der Waals surface area (Å²) in [5.41, 5.74) is 0. The molecule has 0 aliphatic carbocycles. The van der Waals surface area contributed by atoms with E-state index in [1.54, 1.807) is 17.4 Å². The van der Waals surface area contributed by atoms with Crippen LogP contribution in [0.5, 0.6) is 0 Å². The predicted octanol–water partition coefficient (Wildman–Crippen LogP) is 3.37. The van der Waals surface area contributed by atoms with Gasteiger partial charge in [0.25, 0.3) is 0 Å². The van der Waals surface area contributed by atoms with Crippen molar-refractivity contribution in [2.24, 2.45) is 0 Å². The fourth-order valence-electron chi connectivity index (χ4n) is 1.21. The second-order valence-corrected chi connectivity index (χ2v) is 5.93. The van der Waals surface area contributed by atoms with Crippen LogP contribution in [0.4, 0.5) is 5.13 Å². The molecule has 0 bridgehead atoms. The number of anilines is 1. The lowest BCUT2D eigenvalue weighted by molar-refractivity contribution is -0.111. The molecule has 1 N–H and O–H groups in total. The van der Waals surface area contributed by atoms with Crippen molar-refractivity contribution < 1.29 is 4.79 Å². The number of hydrogen-bond acceptors (Lipinski definition) is 5. The number of aromatic nitrogens is 2. The third kappa shape index (κ3) is 3.48. The van der Waals surface area contributed by atoms with Crippen LogP contribution in [0.25, 0.3) is 6.08 Å². The van der Waals surface area contributed by atoms with E-state index < -0.39 is 0 Å². The van der Waals surface area contributed by atoms with Crippen molar-refractivity contribution >= 4 is 39.8 Å². The van der Waals surface area contributed by atoms with E-state index in [1.807, 2.05) is 31.4 Å². The van der Waals surface area contributed by atoms with Crippen LogP contribution < -0.4 is 5.32 Å². The summed E-state index contributed by atoms with van der Waals surface area (Å²) in [5, 5.41) is 14.1. The number of rotatable bonds is 4. The van der Waals surface area contributed by atoms with Crippen molar-refractivity contribution in [3.05, 3.63) is 33.5 Å². The van der Waals surface area contributed by atoms with Gasteiger partial charge in [-0.3, -0.25) is 10.1 Å². The highest BCUT2D eigenvalue weighted by Gasteiger charge is 2.08. The second-order valence-electron chi connectivity index (χ2n) is 3.94. The van der Waals surface area contributed by atoms with E-state index >= 15 is 0 Å². The summed E-state index contributed by atoms with van der Waals surface area (Å²) in [7, 11) is 0. The Morgan fingerprint density at radius 2 is 2.28 bits per heavy atom. The molecule has 94 valence electrons. The van der Waals surface area contributed by atoms with Gasteiger partial charge in [-0.25, -0.2) is 0 Å². The van der Waals surface area contributed by atoms with Gasteiger partial charge in [0, 0.05) is 16.9 Å².